The van der Waals surface area contributed by atoms with Gasteiger partial charge in [0.1, 0.15) is 5.01 Å². The Hall–Kier alpha value is -2.16. The van der Waals surface area contributed by atoms with Crippen LogP contribution in [0.15, 0.2) is 28.7 Å². The molecule has 0 aromatic carbocycles. The molecule has 0 amide bonds. The summed E-state index contributed by atoms with van der Waals surface area (Å²) < 4.78 is 37.5. The largest absolute Gasteiger partial charge is 0.434 e. The van der Waals surface area contributed by atoms with Crippen LogP contribution in [0.1, 0.15) is 22.0 Å². The van der Waals surface area contributed by atoms with Gasteiger partial charge in [-0.2, -0.15) is 13.2 Å². The fourth-order valence-corrected chi connectivity index (χ4v) is 2.51. The summed E-state index contributed by atoms with van der Waals surface area (Å²) in [5, 5.41) is 7.34. The molecule has 2 aromatic heterocycles. The summed E-state index contributed by atoms with van der Waals surface area (Å²) in [6.07, 6.45) is -2.71. The molecule has 0 fully saturated rings. The maximum atomic E-state index is 12.5. The second kappa shape index (κ2) is 7.40. The van der Waals surface area contributed by atoms with Gasteiger partial charge >= 0.3 is 6.18 Å². The number of pyridine rings is 1. The number of halogens is 3. The molecule has 0 saturated carbocycles. The van der Waals surface area contributed by atoms with Crippen LogP contribution in [-0.4, -0.2) is 23.0 Å². The Morgan fingerprint density at radius 2 is 2.04 bits per heavy atom. The van der Waals surface area contributed by atoms with Gasteiger partial charge in [-0.05, 0) is 18.6 Å². The van der Waals surface area contributed by atoms with E-state index in [2.05, 4.69) is 25.6 Å². The lowest BCUT2D eigenvalue weighted by atomic mass is 10.2. The number of thiazole rings is 1. The molecule has 2 rings (SSSR count). The van der Waals surface area contributed by atoms with Crippen molar-refractivity contribution in [1.82, 2.24) is 20.6 Å². The van der Waals surface area contributed by atoms with Crippen molar-refractivity contribution < 1.29 is 13.2 Å². The maximum Gasteiger partial charge on any atom is 0.434 e. The highest BCUT2D eigenvalue weighted by Crippen LogP contribution is 2.29. The lowest BCUT2D eigenvalue weighted by molar-refractivity contribution is -0.140. The van der Waals surface area contributed by atoms with E-state index < -0.39 is 11.9 Å². The van der Waals surface area contributed by atoms with Gasteiger partial charge in [-0.15, -0.1) is 11.3 Å². The Morgan fingerprint density at radius 3 is 2.65 bits per heavy atom. The predicted molar refractivity (Wildman–Crippen MR) is 83.1 cm³/mol. The van der Waals surface area contributed by atoms with E-state index in [0.717, 1.165) is 28.0 Å². The molecule has 0 aliphatic heterocycles. The molecule has 2 aromatic rings. The first kappa shape index (κ1) is 17.2. The zero-order valence-electron chi connectivity index (χ0n) is 12.6. The average molecular weight is 343 g/mol. The standard InChI is InChI=1S/C14H16F3N5S/c1-9-4-3-5-19-10(9)6-20-13(18-2)21-7-12-22-11(8-23-12)14(15,16)17/h3-5,8H,6-7H2,1-2H3,(H2,18,20,21). The first-order chi connectivity index (χ1) is 10.9. The molecule has 0 atom stereocenters. The van der Waals surface area contributed by atoms with Crippen molar-refractivity contribution >= 4 is 17.3 Å². The van der Waals surface area contributed by atoms with Crippen LogP contribution in [-0.2, 0) is 19.3 Å². The maximum absolute atomic E-state index is 12.5. The summed E-state index contributed by atoms with van der Waals surface area (Å²) in [4.78, 5) is 11.8. The van der Waals surface area contributed by atoms with Crippen LogP contribution >= 0.6 is 11.3 Å². The van der Waals surface area contributed by atoms with Crippen LogP contribution in [0.25, 0.3) is 0 Å². The van der Waals surface area contributed by atoms with Gasteiger partial charge in [0.2, 0.25) is 0 Å². The molecule has 2 heterocycles. The monoisotopic (exact) mass is 343 g/mol. The Labute approximate surface area is 135 Å². The summed E-state index contributed by atoms with van der Waals surface area (Å²) in [6, 6.07) is 3.81. The van der Waals surface area contributed by atoms with Gasteiger partial charge in [-0.25, -0.2) is 4.98 Å². The highest BCUT2D eigenvalue weighted by Gasteiger charge is 2.33. The average Bonchev–Trinajstić information content (AvgIpc) is 2.98. The van der Waals surface area contributed by atoms with Crippen molar-refractivity contribution in [2.75, 3.05) is 7.05 Å². The van der Waals surface area contributed by atoms with Crippen molar-refractivity contribution in [2.24, 2.45) is 4.99 Å². The first-order valence-corrected chi connectivity index (χ1v) is 7.64. The van der Waals surface area contributed by atoms with Gasteiger partial charge in [-0.3, -0.25) is 9.98 Å². The SMILES string of the molecule is CN=C(NCc1nc(C(F)(F)F)cs1)NCc1ncccc1C. The molecule has 0 aliphatic carbocycles. The summed E-state index contributed by atoms with van der Waals surface area (Å²) in [5.41, 5.74) is 1.06. The minimum absolute atomic E-state index is 0.168. The lowest BCUT2D eigenvalue weighted by Crippen LogP contribution is -2.36. The number of aryl methyl sites for hydroxylation is 1. The molecule has 124 valence electrons. The van der Waals surface area contributed by atoms with Gasteiger partial charge < -0.3 is 10.6 Å². The number of nitrogens with one attached hydrogen (secondary N) is 2. The molecule has 5 nitrogen and oxygen atoms in total. The number of aliphatic imine (C=N–C) groups is 1. The smallest absolute Gasteiger partial charge is 0.351 e. The third-order valence-electron chi connectivity index (χ3n) is 3.01. The molecule has 2 N–H and O–H groups in total. The summed E-state index contributed by atoms with van der Waals surface area (Å²) in [7, 11) is 1.59. The van der Waals surface area contributed by atoms with Gasteiger partial charge in [0, 0.05) is 18.6 Å². The minimum atomic E-state index is -4.41. The van der Waals surface area contributed by atoms with E-state index in [9.17, 15) is 13.2 Å². The van der Waals surface area contributed by atoms with E-state index in [1.807, 2.05) is 19.1 Å². The van der Waals surface area contributed by atoms with E-state index in [-0.39, 0.29) is 6.54 Å². The predicted octanol–water partition coefficient (Wildman–Crippen LogP) is 2.73. The van der Waals surface area contributed by atoms with Crippen molar-refractivity contribution in [3.05, 3.63) is 45.7 Å². The van der Waals surface area contributed by atoms with Gasteiger partial charge in [0.05, 0.1) is 18.8 Å². The minimum Gasteiger partial charge on any atom is -0.351 e. The fraction of sp³-hybridized carbons (Fsp3) is 0.357. The fourth-order valence-electron chi connectivity index (χ4n) is 1.77. The number of guanidine groups is 1. The Balaban J connectivity index is 1.88. The van der Waals surface area contributed by atoms with Crippen molar-refractivity contribution in [3.63, 3.8) is 0 Å². The molecule has 0 spiro atoms. The van der Waals surface area contributed by atoms with Gasteiger partial charge in [0.25, 0.3) is 0 Å². The Morgan fingerprint density at radius 1 is 1.30 bits per heavy atom. The normalized spacial score (nSPS) is 12.3. The highest BCUT2D eigenvalue weighted by atomic mass is 32.1. The highest BCUT2D eigenvalue weighted by molar-refractivity contribution is 7.09. The number of aromatic nitrogens is 2. The second-order valence-corrected chi connectivity index (χ2v) is 5.61. The van der Waals surface area contributed by atoms with Crippen LogP contribution in [0.2, 0.25) is 0 Å². The molecule has 0 unspecified atom stereocenters. The van der Waals surface area contributed by atoms with Gasteiger partial charge in [0.15, 0.2) is 11.7 Å². The quantitative estimate of drug-likeness (QED) is 0.662. The molecular formula is C14H16F3N5S. The number of nitrogens with zero attached hydrogens (tertiary/aromatic N) is 3. The molecule has 0 bridgehead atoms. The molecular weight excluding hydrogens is 327 g/mol. The molecule has 0 saturated heterocycles. The van der Waals surface area contributed by atoms with E-state index in [1.54, 1.807) is 13.2 Å². The lowest BCUT2D eigenvalue weighted by Gasteiger charge is -2.11. The molecule has 0 radical (unpaired) electrons. The van der Waals surface area contributed by atoms with E-state index in [4.69, 9.17) is 0 Å². The van der Waals surface area contributed by atoms with Gasteiger partial charge in [-0.1, -0.05) is 6.07 Å². The Kier molecular flexibility index (Phi) is 5.54. The molecule has 23 heavy (non-hydrogen) atoms. The second-order valence-electron chi connectivity index (χ2n) is 4.67. The third kappa shape index (κ3) is 4.92. The third-order valence-corrected chi connectivity index (χ3v) is 3.86. The van der Waals surface area contributed by atoms with Crippen molar-refractivity contribution in [1.29, 1.82) is 0 Å². The summed E-state index contributed by atoms with van der Waals surface area (Å²) >= 11 is 0.957. The number of rotatable bonds is 4. The summed E-state index contributed by atoms with van der Waals surface area (Å²) in [5.74, 6) is 0.471. The summed E-state index contributed by atoms with van der Waals surface area (Å²) in [6.45, 7) is 2.59. The van der Waals surface area contributed by atoms with Crippen molar-refractivity contribution in [3.8, 4) is 0 Å². The van der Waals surface area contributed by atoms with Crippen LogP contribution in [0.5, 0.6) is 0 Å². The van der Waals surface area contributed by atoms with Crippen LogP contribution in [0.4, 0.5) is 13.2 Å². The van der Waals surface area contributed by atoms with Crippen molar-refractivity contribution in [2.45, 2.75) is 26.2 Å². The van der Waals surface area contributed by atoms with Crippen LogP contribution in [0, 0.1) is 6.92 Å². The first-order valence-electron chi connectivity index (χ1n) is 6.76. The van der Waals surface area contributed by atoms with E-state index in [1.165, 1.54) is 0 Å². The zero-order valence-corrected chi connectivity index (χ0v) is 13.4. The topological polar surface area (TPSA) is 62.2 Å². The molecule has 0 aliphatic rings. The Bertz CT molecular complexity index is 681. The molecule has 9 heteroatoms. The van der Waals surface area contributed by atoms with Crippen LogP contribution in [0.3, 0.4) is 0 Å². The number of hydrogen-bond donors (Lipinski definition) is 2. The van der Waals surface area contributed by atoms with E-state index in [0.29, 0.717) is 17.5 Å². The zero-order chi connectivity index (χ0) is 16.9. The number of alkyl halides is 3. The van der Waals surface area contributed by atoms with Crippen LogP contribution < -0.4 is 10.6 Å². The number of hydrogen-bond acceptors (Lipinski definition) is 4. The van der Waals surface area contributed by atoms with E-state index >= 15 is 0 Å².